The van der Waals surface area contributed by atoms with E-state index in [9.17, 15) is 22.0 Å². The highest BCUT2D eigenvalue weighted by molar-refractivity contribution is 4.96. The normalized spacial score (nSPS) is 10.3. The molecule has 0 fully saturated rings. The predicted octanol–water partition coefficient (Wildman–Crippen LogP) is 2.48. The molecule has 0 aliphatic heterocycles. The molecule has 0 spiro atoms. The third-order valence-corrected chi connectivity index (χ3v) is 0.430. The van der Waals surface area contributed by atoms with Crippen LogP contribution in [0.3, 0.4) is 0 Å². The number of alkyl halides is 3. The number of allylic oxidation sites excluding steroid dienone is 1. The van der Waals surface area contributed by atoms with Crippen molar-refractivity contribution in [3.05, 3.63) is 17.9 Å². The maximum Gasteiger partial charge on any atom is 0.450 e. The van der Waals surface area contributed by atoms with Crippen LogP contribution < -0.4 is 0 Å². The predicted molar refractivity (Wildman–Crippen MR) is 19.9 cm³/mol. The molecule has 0 aromatic rings. The zero-order valence-corrected chi connectivity index (χ0v) is 3.97. The third kappa shape index (κ3) is 2.87. The fourth-order valence-electron chi connectivity index (χ4n) is 0.130. The molecule has 52 valence electrons. The number of rotatable bonds is 0. The molecule has 9 heavy (non-hydrogen) atoms. The van der Waals surface area contributed by atoms with Gasteiger partial charge >= 0.3 is 6.18 Å². The molecule has 0 aromatic carbocycles. The average molecular weight is 144 g/mol. The Balaban J connectivity index is 4.40. The molecule has 0 aromatic heterocycles. The first-order valence-corrected chi connectivity index (χ1v) is 1.76. The summed E-state index contributed by atoms with van der Waals surface area (Å²) >= 11 is 0. The van der Waals surface area contributed by atoms with Gasteiger partial charge in [-0.15, -0.1) is 0 Å². The first kappa shape index (κ1) is 8.17. The van der Waals surface area contributed by atoms with Crippen molar-refractivity contribution in [2.75, 3.05) is 0 Å². The van der Waals surface area contributed by atoms with Crippen molar-refractivity contribution in [1.82, 2.24) is 0 Å². The second kappa shape index (κ2) is 2.64. The van der Waals surface area contributed by atoms with E-state index in [1.165, 1.54) is 0 Å². The first-order valence-electron chi connectivity index (χ1n) is 1.76. The topological polar surface area (TPSA) is 0 Å². The smallest absolute Gasteiger partial charge is 0.206 e. The molecule has 5 heteroatoms. The molecule has 0 atom stereocenters. The van der Waals surface area contributed by atoms with Gasteiger partial charge in [0.1, 0.15) is 6.33 Å². The Labute approximate surface area is 47.3 Å². The highest BCUT2D eigenvalue weighted by Gasteiger charge is 2.34. The van der Waals surface area contributed by atoms with Gasteiger partial charge in [-0.05, 0) is 5.73 Å². The molecule has 0 aliphatic carbocycles. The van der Waals surface area contributed by atoms with Crippen LogP contribution in [-0.2, 0) is 0 Å². The van der Waals surface area contributed by atoms with Crippen LogP contribution in [-0.4, -0.2) is 6.18 Å². The standard InChI is InChI=1S/C4HF5/c5-2-1-3(6)4(7,8)9/h2H. The third-order valence-electron chi connectivity index (χ3n) is 0.430. The van der Waals surface area contributed by atoms with Gasteiger partial charge in [-0.1, -0.05) is 0 Å². The Morgan fingerprint density at radius 3 is 1.89 bits per heavy atom. The average Bonchev–Trinajstić information content (AvgIpc) is 1.64. The van der Waals surface area contributed by atoms with Crippen LogP contribution in [0.5, 0.6) is 0 Å². The minimum Gasteiger partial charge on any atom is -0.206 e. The Hall–Kier alpha value is -0.830. The zero-order valence-electron chi connectivity index (χ0n) is 3.97. The van der Waals surface area contributed by atoms with Gasteiger partial charge < -0.3 is 0 Å². The molecule has 0 N–H and O–H groups in total. The Kier molecular flexibility index (Phi) is 2.40. The summed E-state index contributed by atoms with van der Waals surface area (Å²) in [7, 11) is 0. The Morgan fingerprint density at radius 2 is 1.78 bits per heavy atom. The van der Waals surface area contributed by atoms with Crippen molar-refractivity contribution < 1.29 is 22.0 Å². The second-order valence-electron chi connectivity index (χ2n) is 1.07. The van der Waals surface area contributed by atoms with E-state index < -0.39 is 18.3 Å². The van der Waals surface area contributed by atoms with Crippen LogP contribution in [0.15, 0.2) is 17.9 Å². The summed E-state index contributed by atoms with van der Waals surface area (Å²) in [5.74, 6) is -2.56. The fraction of sp³-hybridized carbons (Fsp3) is 0.250. The van der Waals surface area contributed by atoms with E-state index in [2.05, 4.69) is 0 Å². The van der Waals surface area contributed by atoms with Crippen LogP contribution in [0.25, 0.3) is 0 Å². The van der Waals surface area contributed by atoms with Crippen molar-refractivity contribution in [2.45, 2.75) is 6.18 Å². The maximum atomic E-state index is 11.3. The minimum atomic E-state index is -5.12. The lowest BCUT2D eigenvalue weighted by Gasteiger charge is -1.96. The Morgan fingerprint density at radius 1 is 1.33 bits per heavy atom. The summed E-state index contributed by atoms with van der Waals surface area (Å²) in [5.41, 5.74) is 0.719. The quantitative estimate of drug-likeness (QED) is 0.362. The highest BCUT2D eigenvalue weighted by atomic mass is 19.4. The first-order chi connectivity index (χ1) is 3.98. The molecule has 0 radical (unpaired) electrons. The number of halogens is 5. The van der Waals surface area contributed by atoms with E-state index in [1.54, 1.807) is 0 Å². The maximum absolute atomic E-state index is 11.3. The second-order valence-corrected chi connectivity index (χ2v) is 1.07. The number of hydrogen-bond donors (Lipinski definition) is 0. The largest absolute Gasteiger partial charge is 0.450 e. The van der Waals surface area contributed by atoms with Crippen molar-refractivity contribution in [1.29, 1.82) is 0 Å². The van der Waals surface area contributed by atoms with E-state index in [-0.39, 0.29) is 0 Å². The van der Waals surface area contributed by atoms with E-state index >= 15 is 0 Å². The monoisotopic (exact) mass is 144 g/mol. The van der Waals surface area contributed by atoms with E-state index in [0.717, 1.165) is 5.73 Å². The van der Waals surface area contributed by atoms with Gasteiger partial charge in [0.25, 0.3) is 0 Å². The van der Waals surface area contributed by atoms with Gasteiger partial charge in [-0.25, -0.2) is 4.39 Å². The number of hydrogen-bond acceptors (Lipinski definition) is 0. The van der Waals surface area contributed by atoms with Crippen LogP contribution in [0.4, 0.5) is 22.0 Å². The molecule has 0 bridgehead atoms. The molecule has 0 nitrogen and oxygen atoms in total. The van der Waals surface area contributed by atoms with Gasteiger partial charge in [-0.2, -0.15) is 17.6 Å². The zero-order chi connectivity index (χ0) is 7.49. The molecule has 0 aliphatic rings. The lowest BCUT2D eigenvalue weighted by Crippen LogP contribution is -2.06. The van der Waals surface area contributed by atoms with Crippen molar-refractivity contribution in [2.24, 2.45) is 0 Å². The fourth-order valence-corrected chi connectivity index (χ4v) is 0.130. The highest BCUT2D eigenvalue weighted by Crippen LogP contribution is 2.24. The SMILES string of the molecule is FC=C=C(F)C(F)(F)F. The summed E-state index contributed by atoms with van der Waals surface area (Å²) in [6, 6.07) is 0. The Bertz CT molecular complexity index is 147. The molecular formula is C4HF5. The lowest BCUT2D eigenvalue weighted by molar-refractivity contribution is -0.108. The van der Waals surface area contributed by atoms with Crippen molar-refractivity contribution in [3.63, 3.8) is 0 Å². The van der Waals surface area contributed by atoms with Gasteiger partial charge in [0.05, 0.1) is 0 Å². The van der Waals surface area contributed by atoms with E-state index in [0.29, 0.717) is 0 Å². The van der Waals surface area contributed by atoms with Crippen LogP contribution >= 0.6 is 0 Å². The van der Waals surface area contributed by atoms with Gasteiger partial charge in [0.15, 0.2) is 0 Å². The molecule has 0 rings (SSSR count). The molecule has 0 unspecified atom stereocenters. The van der Waals surface area contributed by atoms with Crippen molar-refractivity contribution in [3.8, 4) is 0 Å². The van der Waals surface area contributed by atoms with E-state index in [4.69, 9.17) is 0 Å². The molecule has 0 saturated carbocycles. The van der Waals surface area contributed by atoms with Crippen LogP contribution in [0.1, 0.15) is 0 Å². The summed E-state index contributed by atoms with van der Waals surface area (Å²) in [4.78, 5) is 0. The van der Waals surface area contributed by atoms with Crippen LogP contribution in [0, 0.1) is 0 Å². The molecule has 0 amide bonds. The molecular weight excluding hydrogens is 143 g/mol. The van der Waals surface area contributed by atoms with Gasteiger partial charge in [0, 0.05) is 0 Å². The van der Waals surface area contributed by atoms with Gasteiger partial charge in [0.2, 0.25) is 5.83 Å². The lowest BCUT2D eigenvalue weighted by atomic mass is 10.5. The summed E-state index contributed by atoms with van der Waals surface area (Å²) in [6.45, 7) is 0. The van der Waals surface area contributed by atoms with Crippen molar-refractivity contribution >= 4 is 0 Å². The van der Waals surface area contributed by atoms with E-state index in [1.807, 2.05) is 0 Å². The van der Waals surface area contributed by atoms with Crippen LogP contribution in [0.2, 0.25) is 0 Å². The molecule has 0 saturated heterocycles. The minimum absolute atomic E-state index is 0.636. The summed E-state index contributed by atoms with van der Waals surface area (Å²) < 4.78 is 55.0. The molecule has 0 heterocycles. The van der Waals surface area contributed by atoms with Gasteiger partial charge in [-0.3, -0.25) is 0 Å². The summed E-state index contributed by atoms with van der Waals surface area (Å²) in [5, 5.41) is 0. The summed E-state index contributed by atoms with van der Waals surface area (Å²) in [6.07, 6.45) is -5.76.